The summed E-state index contributed by atoms with van der Waals surface area (Å²) in [7, 11) is 0. The fourth-order valence-electron chi connectivity index (χ4n) is 1.79. The van der Waals surface area contributed by atoms with Crippen molar-refractivity contribution in [3.05, 3.63) is 33.7 Å². The molecule has 0 aliphatic carbocycles. The second-order valence-corrected chi connectivity index (χ2v) is 4.41. The highest BCUT2D eigenvalue weighted by molar-refractivity contribution is 5.89. The van der Waals surface area contributed by atoms with Gasteiger partial charge in [-0.15, -0.1) is 0 Å². The number of anilines is 1. The summed E-state index contributed by atoms with van der Waals surface area (Å²) in [4.78, 5) is 26.0. The Balaban J connectivity index is 1.95. The number of hydrogen-bond acceptors (Lipinski definition) is 4. The number of amides is 1. The molecule has 0 aliphatic heterocycles. The molecular formula is C12H16N4O3. The average molecular weight is 264 g/mol. The number of nitrogens with one attached hydrogen (secondary N) is 2. The summed E-state index contributed by atoms with van der Waals surface area (Å²) in [6, 6.07) is 1.63. The van der Waals surface area contributed by atoms with E-state index in [1.807, 2.05) is 13.8 Å². The Labute approximate surface area is 109 Å². The molecule has 0 saturated carbocycles. The lowest BCUT2D eigenvalue weighted by atomic mass is 10.3. The predicted octanol–water partition coefficient (Wildman–Crippen LogP) is 1.12. The van der Waals surface area contributed by atoms with Gasteiger partial charge in [-0.2, -0.15) is 0 Å². The monoisotopic (exact) mass is 264 g/mol. The van der Waals surface area contributed by atoms with Crippen molar-refractivity contribution >= 4 is 11.7 Å². The van der Waals surface area contributed by atoms with E-state index in [2.05, 4.69) is 15.5 Å². The van der Waals surface area contributed by atoms with Crippen LogP contribution in [0.1, 0.15) is 23.6 Å². The molecule has 7 nitrogen and oxygen atoms in total. The molecule has 2 heterocycles. The number of imidazole rings is 1. The normalized spacial score (nSPS) is 10.7. The smallest absolute Gasteiger partial charge is 0.325 e. The zero-order valence-corrected chi connectivity index (χ0v) is 11.1. The number of H-pyrrole nitrogens is 1. The van der Waals surface area contributed by atoms with Gasteiger partial charge in [-0.1, -0.05) is 5.16 Å². The van der Waals surface area contributed by atoms with Crippen molar-refractivity contribution in [2.24, 2.45) is 0 Å². The molecule has 2 aromatic heterocycles. The lowest BCUT2D eigenvalue weighted by molar-refractivity contribution is -0.116. The standard InChI is InChI=1S/C12H16N4O3/c1-7-6-10(15-19-7)14-11(17)4-5-16-9(3)8(2)13-12(16)18/h6H,4-5H2,1-3H3,(H,13,18)(H,14,15,17). The third-order valence-electron chi connectivity index (χ3n) is 2.95. The molecule has 0 spiro atoms. The van der Waals surface area contributed by atoms with Crippen molar-refractivity contribution < 1.29 is 9.32 Å². The molecule has 0 saturated heterocycles. The molecular weight excluding hydrogens is 248 g/mol. The van der Waals surface area contributed by atoms with Gasteiger partial charge in [0.15, 0.2) is 5.82 Å². The summed E-state index contributed by atoms with van der Waals surface area (Å²) in [5.41, 5.74) is 1.47. The van der Waals surface area contributed by atoms with Crippen LogP contribution in [0.15, 0.2) is 15.4 Å². The molecule has 0 aliphatic rings. The summed E-state index contributed by atoms with van der Waals surface area (Å²) in [6.45, 7) is 5.74. The highest BCUT2D eigenvalue weighted by Crippen LogP contribution is 2.08. The van der Waals surface area contributed by atoms with Crippen LogP contribution in [0.4, 0.5) is 5.82 Å². The Morgan fingerprint density at radius 3 is 2.74 bits per heavy atom. The molecule has 102 valence electrons. The van der Waals surface area contributed by atoms with Crippen LogP contribution >= 0.6 is 0 Å². The lowest BCUT2D eigenvalue weighted by Crippen LogP contribution is -2.22. The topological polar surface area (TPSA) is 92.9 Å². The van der Waals surface area contributed by atoms with Crippen LogP contribution in [-0.4, -0.2) is 20.6 Å². The van der Waals surface area contributed by atoms with Gasteiger partial charge in [0.25, 0.3) is 0 Å². The number of carbonyl (C=O) groups excluding carboxylic acids is 1. The zero-order chi connectivity index (χ0) is 14.0. The van der Waals surface area contributed by atoms with Gasteiger partial charge in [-0.05, 0) is 20.8 Å². The van der Waals surface area contributed by atoms with Crippen molar-refractivity contribution in [3.63, 3.8) is 0 Å². The third-order valence-corrected chi connectivity index (χ3v) is 2.95. The van der Waals surface area contributed by atoms with E-state index in [0.717, 1.165) is 11.4 Å². The Bertz CT molecular complexity index is 650. The number of aromatic amines is 1. The van der Waals surface area contributed by atoms with E-state index in [-0.39, 0.29) is 18.0 Å². The van der Waals surface area contributed by atoms with Crippen molar-refractivity contribution in [2.75, 3.05) is 5.32 Å². The molecule has 0 atom stereocenters. The molecule has 2 rings (SSSR count). The molecule has 0 bridgehead atoms. The van der Waals surface area contributed by atoms with Gasteiger partial charge in [0.05, 0.1) is 0 Å². The second kappa shape index (κ2) is 5.13. The Morgan fingerprint density at radius 1 is 1.47 bits per heavy atom. The van der Waals surface area contributed by atoms with E-state index in [0.29, 0.717) is 18.1 Å². The largest absolute Gasteiger partial charge is 0.360 e. The van der Waals surface area contributed by atoms with E-state index in [1.54, 1.807) is 17.6 Å². The Hall–Kier alpha value is -2.31. The number of carbonyl (C=O) groups is 1. The van der Waals surface area contributed by atoms with Gasteiger partial charge in [0, 0.05) is 30.4 Å². The van der Waals surface area contributed by atoms with Crippen LogP contribution in [0.2, 0.25) is 0 Å². The molecule has 0 radical (unpaired) electrons. The summed E-state index contributed by atoms with van der Waals surface area (Å²) in [5, 5.41) is 6.28. The summed E-state index contributed by atoms with van der Waals surface area (Å²) < 4.78 is 6.39. The van der Waals surface area contributed by atoms with E-state index < -0.39 is 0 Å². The SMILES string of the molecule is Cc1cc(NC(=O)CCn2c(C)c(C)[nH]c2=O)no1. The zero-order valence-electron chi connectivity index (χ0n) is 11.1. The van der Waals surface area contributed by atoms with Crippen LogP contribution < -0.4 is 11.0 Å². The molecule has 2 aromatic rings. The first-order valence-corrected chi connectivity index (χ1v) is 5.96. The van der Waals surface area contributed by atoms with E-state index in [1.165, 1.54) is 0 Å². The van der Waals surface area contributed by atoms with Crippen molar-refractivity contribution in [2.45, 2.75) is 33.7 Å². The van der Waals surface area contributed by atoms with Crippen molar-refractivity contribution in [1.82, 2.24) is 14.7 Å². The Morgan fingerprint density at radius 2 is 2.21 bits per heavy atom. The van der Waals surface area contributed by atoms with E-state index >= 15 is 0 Å². The third kappa shape index (κ3) is 2.93. The van der Waals surface area contributed by atoms with Crippen LogP contribution in [0.5, 0.6) is 0 Å². The fourth-order valence-corrected chi connectivity index (χ4v) is 1.79. The first-order valence-electron chi connectivity index (χ1n) is 5.96. The highest BCUT2D eigenvalue weighted by atomic mass is 16.5. The quantitative estimate of drug-likeness (QED) is 0.865. The summed E-state index contributed by atoms with van der Waals surface area (Å²) in [5.74, 6) is 0.805. The number of nitrogens with zero attached hydrogens (tertiary/aromatic N) is 2. The lowest BCUT2D eigenvalue weighted by Gasteiger charge is -2.04. The first kappa shape index (κ1) is 13.1. The molecule has 2 N–H and O–H groups in total. The number of aryl methyl sites for hydroxylation is 2. The maximum atomic E-state index is 11.7. The van der Waals surface area contributed by atoms with E-state index in [4.69, 9.17) is 4.52 Å². The van der Waals surface area contributed by atoms with Crippen LogP contribution in [-0.2, 0) is 11.3 Å². The van der Waals surface area contributed by atoms with Gasteiger partial charge in [-0.25, -0.2) is 4.79 Å². The maximum absolute atomic E-state index is 11.7. The predicted molar refractivity (Wildman–Crippen MR) is 69.0 cm³/mol. The Kier molecular flexibility index (Phi) is 3.55. The average Bonchev–Trinajstić information content (AvgIpc) is 2.83. The van der Waals surface area contributed by atoms with Crippen molar-refractivity contribution in [3.8, 4) is 0 Å². The fraction of sp³-hybridized carbons (Fsp3) is 0.417. The molecule has 7 heteroatoms. The molecule has 1 amide bonds. The maximum Gasteiger partial charge on any atom is 0.325 e. The number of hydrogen-bond donors (Lipinski definition) is 2. The van der Waals surface area contributed by atoms with Gasteiger partial charge in [0.2, 0.25) is 5.91 Å². The molecule has 0 fully saturated rings. The summed E-state index contributed by atoms with van der Waals surface area (Å²) >= 11 is 0. The van der Waals surface area contributed by atoms with Crippen molar-refractivity contribution in [1.29, 1.82) is 0 Å². The van der Waals surface area contributed by atoms with Crippen LogP contribution in [0, 0.1) is 20.8 Å². The number of rotatable bonds is 4. The van der Waals surface area contributed by atoms with Gasteiger partial charge in [-0.3, -0.25) is 9.36 Å². The number of aromatic nitrogens is 3. The minimum atomic E-state index is -0.210. The van der Waals surface area contributed by atoms with Gasteiger partial charge < -0.3 is 14.8 Å². The van der Waals surface area contributed by atoms with Gasteiger partial charge >= 0.3 is 5.69 Å². The summed E-state index contributed by atoms with van der Waals surface area (Å²) in [6.07, 6.45) is 0.198. The first-order chi connectivity index (χ1) is 8.97. The molecule has 19 heavy (non-hydrogen) atoms. The van der Waals surface area contributed by atoms with E-state index in [9.17, 15) is 9.59 Å². The second-order valence-electron chi connectivity index (χ2n) is 4.41. The minimum absolute atomic E-state index is 0.194. The van der Waals surface area contributed by atoms with Crippen LogP contribution in [0.25, 0.3) is 0 Å². The van der Waals surface area contributed by atoms with Crippen LogP contribution in [0.3, 0.4) is 0 Å². The molecule has 0 aromatic carbocycles. The minimum Gasteiger partial charge on any atom is -0.360 e. The molecule has 0 unspecified atom stereocenters. The van der Waals surface area contributed by atoms with Gasteiger partial charge in [0.1, 0.15) is 5.76 Å². The highest BCUT2D eigenvalue weighted by Gasteiger charge is 2.10.